The smallest absolute Gasteiger partial charge is 0.377 e. The second kappa shape index (κ2) is 7.95. The van der Waals surface area contributed by atoms with Gasteiger partial charge >= 0.3 is 6.18 Å². The Morgan fingerprint density at radius 2 is 1.96 bits per heavy atom. The van der Waals surface area contributed by atoms with Gasteiger partial charge in [0.2, 0.25) is 5.91 Å². The molecule has 1 fully saturated rings. The molecule has 1 atom stereocenters. The van der Waals surface area contributed by atoms with Gasteiger partial charge in [-0.25, -0.2) is 0 Å². The molecular formula is C20H24F3N3O2. The molecule has 0 radical (unpaired) electrons. The summed E-state index contributed by atoms with van der Waals surface area (Å²) in [4.78, 5) is 14.7. The van der Waals surface area contributed by atoms with Gasteiger partial charge in [0.15, 0.2) is 0 Å². The van der Waals surface area contributed by atoms with E-state index in [1.807, 2.05) is 31.2 Å². The van der Waals surface area contributed by atoms with E-state index < -0.39 is 18.8 Å². The lowest BCUT2D eigenvalue weighted by Gasteiger charge is -2.36. The van der Waals surface area contributed by atoms with Crippen LogP contribution in [0.5, 0.6) is 0 Å². The first kappa shape index (κ1) is 20.4. The third-order valence-electron chi connectivity index (χ3n) is 5.15. The quantitative estimate of drug-likeness (QED) is 0.796. The van der Waals surface area contributed by atoms with Crippen molar-refractivity contribution in [3.8, 4) is 0 Å². The van der Waals surface area contributed by atoms with Crippen molar-refractivity contribution >= 4 is 5.91 Å². The number of halogens is 3. The Bertz CT molecular complexity index is 861. The molecule has 2 heterocycles. The van der Waals surface area contributed by atoms with Gasteiger partial charge in [-0.1, -0.05) is 24.3 Å². The molecule has 1 aliphatic rings. The predicted molar refractivity (Wildman–Crippen MR) is 97.9 cm³/mol. The summed E-state index contributed by atoms with van der Waals surface area (Å²) in [7, 11) is 0. The third-order valence-corrected chi connectivity index (χ3v) is 5.15. The molecular weight excluding hydrogens is 371 g/mol. The van der Waals surface area contributed by atoms with Crippen LogP contribution < -0.4 is 0 Å². The van der Waals surface area contributed by atoms with E-state index in [0.29, 0.717) is 30.1 Å². The van der Waals surface area contributed by atoms with E-state index >= 15 is 0 Å². The molecule has 0 saturated carbocycles. The molecule has 1 aliphatic heterocycles. The first-order valence-corrected chi connectivity index (χ1v) is 9.19. The van der Waals surface area contributed by atoms with Crippen LogP contribution >= 0.6 is 0 Å². The van der Waals surface area contributed by atoms with Crippen LogP contribution in [0, 0.1) is 20.8 Å². The Kier molecular flexibility index (Phi) is 5.79. The van der Waals surface area contributed by atoms with Gasteiger partial charge in [0, 0.05) is 17.8 Å². The molecule has 5 nitrogen and oxygen atoms in total. The molecule has 1 aromatic heterocycles. The Morgan fingerprint density at radius 3 is 2.64 bits per heavy atom. The van der Waals surface area contributed by atoms with E-state index in [4.69, 9.17) is 4.74 Å². The van der Waals surface area contributed by atoms with Gasteiger partial charge in [0.05, 0.1) is 31.4 Å². The second-order valence-corrected chi connectivity index (χ2v) is 7.14. The van der Waals surface area contributed by atoms with Gasteiger partial charge in [-0.3, -0.25) is 9.48 Å². The van der Waals surface area contributed by atoms with Crippen molar-refractivity contribution in [2.75, 3.05) is 19.8 Å². The van der Waals surface area contributed by atoms with E-state index in [9.17, 15) is 18.0 Å². The summed E-state index contributed by atoms with van der Waals surface area (Å²) in [6.07, 6.45) is -4.11. The summed E-state index contributed by atoms with van der Waals surface area (Å²) in [6.45, 7) is 5.15. The highest BCUT2D eigenvalue weighted by atomic mass is 19.4. The van der Waals surface area contributed by atoms with Crippen LogP contribution in [-0.2, 0) is 22.5 Å². The molecule has 0 N–H and O–H groups in total. The van der Waals surface area contributed by atoms with Crippen molar-refractivity contribution in [1.29, 1.82) is 0 Å². The number of carbonyl (C=O) groups excluding carboxylic acids is 1. The third kappa shape index (κ3) is 4.38. The molecule has 0 bridgehead atoms. The first-order valence-electron chi connectivity index (χ1n) is 9.19. The van der Waals surface area contributed by atoms with E-state index in [1.54, 1.807) is 18.7 Å². The van der Waals surface area contributed by atoms with E-state index in [0.717, 1.165) is 15.8 Å². The summed E-state index contributed by atoms with van der Waals surface area (Å²) in [5.41, 5.74) is 3.53. The number of ether oxygens (including phenoxy) is 1. The highest BCUT2D eigenvalue weighted by Crippen LogP contribution is 2.31. The van der Waals surface area contributed by atoms with E-state index in [1.165, 1.54) is 0 Å². The molecule has 1 saturated heterocycles. The zero-order chi connectivity index (χ0) is 20.5. The van der Waals surface area contributed by atoms with Crippen LogP contribution in [-0.4, -0.2) is 46.5 Å². The summed E-state index contributed by atoms with van der Waals surface area (Å²) in [6, 6.07) is 7.24. The van der Waals surface area contributed by atoms with Gasteiger partial charge < -0.3 is 9.64 Å². The highest BCUT2D eigenvalue weighted by Gasteiger charge is 2.35. The maximum Gasteiger partial charge on any atom is 0.408 e. The van der Waals surface area contributed by atoms with Crippen LogP contribution in [0.2, 0.25) is 0 Å². The zero-order valence-corrected chi connectivity index (χ0v) is 16.2. The Hall–Kier alpha value is -2.35. The molecule has 0 spiro atoms. The summed E-state index contributed by atoms with van der Waals surface area (Å²) in [5.74, 6) is -0.0648. The standard InChI is InChI=1S/C20H24F3N3O2/c1-13-6-4-5-7-16(13)10-18(27)25-8-9-28-11-17(25)19-14(2)24-26(15(19)3)12-20(21,22)23/h4-7,17H,8-12H2,1-3H3. The topological polar surface area (TPSA) is 47.4 Å². The lowest BCUT2D eigenvalue weighted by atomic mass is 10.0. The molecule has 3 rings (SSSR count). The van der Waals surface area contributed by atoms with Crippen LogP contribution in [0.3, 0.4) is 0 Å². The molecule has 1 aromatic carbocycles. The average molecular weight is 395 g/mol. The first-order chi connectivity index (χ1) is 13.2. The SMILES string of the molecule is Cc1ccccc1CC(=O)N1CCOCC1c1c(C)nn(CC(F)(F)F)c1C. The number of hydrogen-bond donors (Lipinski definition) is 0. The number of carbonyl (C=O) groups is 1. The normalized spacial score (nSPS) is 17.8. The molecule has 1 amide bonds. The van der Waals surface area contributed by atoms with Crippen molar-refractivity contribution in [1.82, 2.24) is 14.7 Å². The number of aromatic nitrogens is 2. The Morgan fingerprint density at radius 1 is 1.25 bits per heavy atom. The van der Waals surface area contributed by atoms with Crippen LogP contribution in [0.4, 0.5) is 13.2 Å². The lowest BCUT2D eigenvalue weighted by Crippen LogP contribution is -2.44. The molecule has 0 aliphatic carbocycles. The largest absolute Gasteiger partial charge is 0.408 e. The second-order valence-electron chi connectivity index (χ2n) is 7.14. The maximum atomic E-state index is 13.0. The molecule has 152 valence electrons. The van der Waals surface area contributed by atoms with Gasteiger partial charge in [0.25, 0.3) is 0 Å². The number of alkyl halides is 3. The lowest BCUT2D eigenvalue weighted by molar-refractivity contribution is -0.143. The zero-order valence-electron chi connectivity index (χ0n) is 16.2. The molecule has 8 heteroatoms. The number of hydrogen-bond acceptors (Lipinski definition) is 3. The van der Waals surface area contributed by atoms with Gasteiger partial charge in [0.1, 0.15) is 6.54 Å². The van der Waals surface area contributed by atoms with Crippen LogP contribution in [0.1, 0.15) is 34.1 Å². The minimum absolute atomic E-state index is 0.0648. The van der Waals surface area contributed by atoms with Gasteiger partial charge in [-0.15, -0.1) is 0 Å². The highest BCUT2D eigenvalue weighted by molar-refractivity contribution is 5.80. The van der Waals surface area contributed by atoms with Crippen molar-refractivity contribution < 1.29 is 22.7 Å². The van der Waals surface area contributed by atoms with Crippen molar-refractivity contribution in [2.24, 2.45) is 0 Å². The number of aryl methyl sites for hydroxylation is 2. The van der Waals surface area contributed by atoms with Crippen molar-refractivity contribution in [2.45, 2.75) is 46.0 Å². The molecule has 1 unspecified atom stereocenters. The average Bonchev–Trinajstić information content (AvgIpc) is 2.88. The van der Waals surface area contributed by atoms with Gasteiger partial charge in [-0.2, -0.15) is 18.3 Å². The molecule has 2 aromatic rings. The minimum atomic E-state index is -4.36. The van der Waals surface area contributed by atoms with Gasteiger partial charge in [-0.05, 0) is 31.9 Å². The van der Waals surface area contributed by atoms with Crippen molar-refractivity contribution in [3.63, 3.8) is 0 Å². The van der Waals surface area contributed by atoms with Crippen LogP contribution in [0.15, 0.2) is 24.3 Å². The van der Waals surface area contributed by atoms with E-state index in [-0.39, 0.29) is 18.9 Å². The summed E-state index contributed by atoms with van der Waals surface area (Å²) in [5, 5.41) is 4.07. The molecule has 28 heavy (non-hydrogen) atoms. The van der Waals surface area contributed by atoms with Crippen molar-refractivity contribution in [3.05, 3.63) is 52.3 Å². The summed E-state index contributed by atoms with van der Waals surface area (Å²) >= 11 is 0. The fourth-order valence-electron chi connectivity index (χ4n) is 3.73. The number of benzene rings is 1. The van der Waals surface area contributed by atoms with E-state index in [2.05, 4.69) is 5.10 Å². The monoisotopic (exact) mass is 395 g/mol. The van der Waals surface area contributed by atoms with Crippen LogP contribution in [0.25, 0.3) is 0 Å². The number of rotatable bonds is 4. The fraction of sp³-hybridized carbons (Fsp3) is 0.500. The number of amides is 1. The maximum absolute atomic E-state index is 13.0. The predicted octanol–water partition coefficient (Wildman–Crippen LogP) is 3.51. The summed E-state index contributed by atoms with van der Waals surface area (Å²) < 4.78 is 45.0. The Labute approximate surface area is 162 Å². The number of morpholine rings is 1. The minimum Gasteiger partial charge on any atom is -0.377 e. The Balaban J connectivity index is 1.88. The fourth-order valence-corrected chi connectivity index (χ4v) is 3.73. The number of nitrogens with zero attached hydrogens (tertiary/aromatic N) is 3.